The van der Waals surface area contributed by atoms with Crippen molar-refractivity contribution in [3.05, 3.63) is 16.0 Å². The summed E-state index contributed by atoms with van der Waals surface area (Å²) in [5, 5.41) is 13.1. The number of carbonyl (C=O) groups excluding carboxylic acids is 1. The van der Waals surface area contributed by atoms with E-state index >= 15 is 0 Å². The highest BCUT2D eigenvalue weighted by Gasteiger charge is 2.32. The van der Waals surface area contributed by atoms with Gasteiger partial charge in [0.2, 0.25) is 5.91 Å². The molecule has 100 valence electrons. The van der Waals surface area contributed by atoms with E-state index in [0.29, 0.717) is 0 Å². The summed E-state index contributed by atoms with van der Waals surface area (Å²) in [4.78, 5) is 13.2. The first-order valence-corrected chi connectivity index (χ1v) is 7.90. The van der Waals surface area contributed by atoms with Gasteiger partial charge < -0.3 is 5.32 Å². The Balaban J connectivity index is 1.86. The Bertz CT molecular complexity index is 551. The Morgan fingerprint density at radius 3 is 2.89 bits per heavy atom. The molecule has 1 saturated carbocycles. The summed E-state index contributed by atoms with van der Waals surface area (Å²) in [7, 11) is 0. The van der Waals surface area contributed by atoms with Crippen molar-refractivity contribution in [2.45, 2.75) is 45.4 Å². The topological polar surface area (TPSA) is 52.9 Å². The van der Waals surface area contributed by atoms with E-state index in [9.17, 15) is 10.1 Å². The molecule has 1 aromatic heterocycles. The predicted octanol–water partition coefficient (Wildman–Crippen LogP) is 3.48. The third kappa shape index (κ3) is 2.40. The number of nitrogens with one attached hydrogen (secondary N) is 1. The molecule has 2 aliphatic rings. The van der Waals surface area contributed by atoms with Crippen LogP contribution in [0.1, 0.15) is 48.6 Å². The zero-order chi connectivity index (χ0) is 13.4. The van der Waals surface area contributed by atoms with E-state index in [2.05, 4.69) is 18.3 Å². The standard InChI is InChI=1S/C15H18N2OS/c1-2-9-3-6-11-12(8-16)15(19-13(11)7-9)17-14(18)10-4-5-10/h9-10H,2-7H2,1H3,(H,17,18)/t9-/m0/s1. The number of nitriles is 1. The number of nitrogens with zero attached hydrogens (tertiary/aromatic N) is 1. The van der Waals surface area contributed by atoms with Crippen LogP contribution < -0.4 is 5.32 Å². The first kappa shape index (κ1) is 12.7. The number of hydrogen-bond acceptors (Lipinski definition) is 3. The van der Waals surface area contributed by atoms with Crippen molar-refractivity contribution < 1.29 is 4.79 Å². The molecule has 3 rings (SSSR count). The highest BCUT2D eigenvalue weighted by atomic mass is 32.1. The molecular weight excluding hydrogens is 256 g/mol. The molecule has 1 fully saturated rings. The molecular formula is C15H18N2OS. The average Bonchev–Trinajstić information content (AvgIpc) is 3.20. The number of hydrogen-bond donors (Lipinski definition) is 1. The molecule has 0 aliphatic heterocycles. The lowest BCUT2D eigenvalue weighted by Gasteiger charge is -2.20. The third-order valence-electron chi connectivity index (χ3n) is 4.24. The number of amides is 1. The van der Waals surface area contributed by atoms with Crippen molar-refractivity contribution in [3.63, 3.8) is 0 Å². The maximum absolute atomic E-state index is 11.9. The van der Waals surface area contributed by atoms with Gasteiger partial charge in [0.1, 0.15) is 11.1 Å². The van der Waals surface area contributed by atoms with E-state index in [1.807, 2.05) is 0 Å². The lowest BCUT2D eigenvalue weighted by molar-refractivity contribution is -0.117. The van der Waals surface area contributed by atoms with Gasteiger partial charge in [0, 0.05) is 10.8 Å². The van der Waals surface area contributed by atoms with Crippen molar-refractivity contribution in [2.75, 3.05) is 5.32 Å². The van der Waals surface area contributed by atoms with Crippen LogP contribution in [0, 0.1) is 23.2 Å². The molecule has 3 nitrogen and oxygen atoms in total. The lowest BCUT2D eigenvalue weighted by atomic mass is 9.86. The monoisotopic (exact) mass is 274 g/mol. The minimum absolute atomic E-state index is 0.0992. The molecule has 0 radical (unpaired) electrons. The highest BCUT2D eigenvalue weighted by molar-refractivity contribution is 7.16. The molecule has 0 bridgehead atoms. The van der Waals surface area contributed by atoms with E-state index in [1.165, 1.54) is 23.3 Å². The van der Waals surface area contributed by atoms with Crippen LogP contribution >= 0.6 is 11.3 Å². The summed E-state index contributed by atoms with van der Waals surface area (Å²) in [5.41, 5.74) is 1.92. The lowest BCUT2D eigenvalue weighted by Crippen LogP contribution is -2.13. The fourth-order valence-corrected chi connectivity index (χ4v) is 4.08. The van der Waals surface area contributed by atoms with Crippen molar-refractivity contribution in [3.8, 4) is 6.07 Å². The number of anilines is 1. The van der Waals surface area contributed by atoms with Crippen molar-refractivity contribution in [1.29, 1.82) is 5.26 Å². The Hall–Kier alpha value is -1.34. The van der Waals surface area contributed by atoms with Gasteiger partial charge in [0.15, 0.2) is 0 Å². The molecule has 4 heteroatoms. The summed E-state index contributed by atoms with van der Waals surface area (Å²) < 4.78 is 0. The van der Waals surface area contributed by atoms with Gasteiger partial charge in [-0.3, -0.25) is 4.79 Å². The van der Waals surface area contributed by atoms with Gasteiger partial charge in [-0.15, -0.1) is 11.3 Å². The molecule has 1 heterocycles. The number of rotatable bonds is 3. The van der Waals surface area contributed by atoms with E-state index in [-0.39, 0.29) is 11.8 Å². The van der Waals surface area contributed by atoms with Gasteiger partial charge in [-0.1, -0.05) is 13.3 Å². The summed E-state index contributed by atoms with van der Waals surface area (Å²) in [5.74, 6) is 1.03. The molecule has 0 saturated heterocycles. The Labute approximate surface area is 117 Å². The van der Waals surface area contributed by atoms with Gasteiger partial charge in [-0.05, 0) is 43.6 Å². The maximum atomic E-state index is 11.9. The SMILES string of the molecule is CC[C@H]1CCc2c(sc(NC(=O)C3CC3)c2C#N)C1. The molecule has 1 atom stereocenters. The smallest absolute Gasteiger partial charge is 0.228 e. The van der Waals surface area contributed by atoms with Crippen molar-refractivity contribution in [2.24, 2.45) is 11.8 Å². The van der Waals surface area contributed by atoms with Gasteiger partial charge >= 0.3 is 0 Å². The largest absolute Gasteiger partial charge is 0.316 e. The minimum Gasteiger partial charge on any atom is -0.316 e. The first-order chi connectivity index (χ1) is 9.22. The van der Waals surface area contributed by atoms with Crippen LogP contribution in [0.4, 0.5) is 5.00 Å². The Morgan fingerprint density at radius 2 is 2.26 bits per heavy atom. The fraction of sp³-hybridized carbons (Fsp3) is 0.600. The maximum Gasteiger partial charge on any atom is 0.228 e. The van der Waals surface area contributed by atoms with Gasteiger partial charge in [-0.2, -0.15) is 5.26 Å². The number of fused-ring (bicyclic) bond motifs is 1. The second-order valence-corrected chi connectivity index (χ2v) is 6.71. The van der Waals surface area contributed by atoms with Crippen molar-refractivity contribution in [1.82, 2.24) is 0 Å². The van der Waals surface area contributed by atoms with Gasteiger partial charge in [0.25, 0.3) is 0 Å². The zero-order valence-corrected chi connectivity index (χ0v) is 12.0. The van der Waals surface area contributed by atoms with E-state index in [0.717, 1.165) is 42.2 Å². The molecule has 2 aliphatic carbocycles. The summed E-state index contributed by atoms with van der Waals surface area (Å²) in [6, 6.07) is 2.30. The Kier molecular flexibility index (Phi) is 3.32. The van der Waals surface area contributed by atoms with Crippen LogP contribution in [-0.4, -0.2) is 5.91 Å². The van der Waals surface area contributed by atoms with Crippen LogP contribution in [0.25, 0.3) is 0 Å². The number of carbonyl (C=O) groups is 1. The molecule has 0 spiro atoms. The number of thiophene rings is 1. The van der Waals surface area contributed by atoms with Crippen LogP contribution in [0.2, 0.25) is 0 Å². The predicted molar refractivity (Wildman–Crippen MR) is 76.2 cm³/mol. The molecule has 1 aromatic rings. The molecule has 0 unspecified atom stereocenters. The molecule has 0 aromatic carbocycles. The third-order valence-corrected chi connectivity index (χ3v) is 5.41. The molecule has 19 heavy (non-hydrogen) atoms. The normalized spacial score (nSPS) is 21.6. The van der Waals surface area contributed by atoms with E-state index < -0.39 is 0 Å². The van der Waals surface area contributed by atoms with Gasteiger partial charge in [-0.25, -0.2) is 0 Å². The van der Waals surface area contributed by atoms with Crippen LogP contribution in [0.15, 0.2) is 0 Å². The first-order valence-electron chi connectivity index (χ1n) is 7.08. The zero-order valence-electron chi connectivity index (χ0n) is 11.2. The van der Waals surface area contributed by atoms with E-state index in [1.54, 1.807) is 11.3 Å². The van der Waals surface area contributed by atoms with Crippen LogP contribution in [0.3, 0.4) is 0 Å². The van der Waals surface area contributed by atoms with E-state index in [4.69, 9.17) is 0 Å². The summed E-state index contributed by atoms with van der Waals surface area (Å²) >= 11 is 1.62. The highest BCUT2D eigenvalue weighted by Crippen LogP contribution is 2.41. The Morgan fingerprint density at radius 1 is 1.47 bits per heavy atom. The summed E-state index contributed by atoms with van der Waals surface area (Å²) in [6.07, 6.45) is 6.43. The second-order valence-electron chi connectivity index (χ2n) is 5.60. The fourth-order valence-electron chi connectivity index (χ4n) is 2.77. The summed E-state index contributed by atoms with van der Waals surface area (Å²) in [6.45, 7) is 2.23. The van der Waals surface area contributed by atoms with Crippen LogP contribution in [0.5, 0.6) is 0 Å². The molecule has 1 N–H and O–H groups in total. The minimum atomic E-state index is 0.0992. The quantitative estimate of drug-likeness (QED) is 0.917. The molecule has 1 amide bonds. The van der Waals surface area contributed by atoms with Crippen LogP contribution in [-0.2, 0) is 17.6 Å². The van der Waals surface area contributed by atoms with Crippen molar-refractivity contribution >= 4 is 22.2 Å². The average molecular weight is 274 g/mol. The van der Waals surface area contributed by atoms with Gasteiger partial charge in [0.05, 0.1) is 5.56 Å². The second kappa shape index (κ2) is 4.97.